The van der Waals surface area contributed by atoms with Gasteiger partial charge < -0.3 is 0 Å². The first-order valence-electron chi connectivity index (χ1n) is 5.47. The standard InChI is InChI=1S/C13H18O3/c1-4-9-13(2,3)11-7-5-10(6-8-11)12(14)16-15/h5-8,15H,4,9H2,1-3H3. The molecule has 0 radical (unpaired) electrons. The summed E-state index contributed by atoms with van der Waals surface area (Å²) in [5, 5.41) is 8.25. The lowest BCUT2D eigenvalue weighted by molar-refractivity contribution is -0.182. The monoisotopic (exact) mass is 222 g/mol. The van der Waals surface area contributed by atoms with Crippen LogP contribution >= 0.6 is 0 Å². The summed E-state index contributed by atoms with van der Waals surface area (Å²) < 4.78 is 0. The fourth-order valence-electron chi connectivity index (χ4n) is 1.88. The van der Waals surface area contributed by atoms with Crippen molar-refractivity contribution in [2.24, 2.45) is 0 Å². The molecule has 0 amide bonds. The van der Waals surface area contributed by atoms with Crippen molar-refractivity contribution in [1.29, 1.82) is 0 Å². The highest BCUT2D eigenvalue weighted by atomic mass is 17.1. The van der Waals surface area contributed by atoms with E-state index >= 15 is 0 Å². The van der Waals surface area contributed by atoms with E-state index in [0.29, 0.717) is 5.56 Å². The van der Waals surface area contributed by atoms with E-state index in [1.165, 1.54) is 5.56 Å². The van der Waals surface area contributed by atoms with Gasteiger partial charge in [0.05, 0.1) is 5.56 Å². The van der Waals surface area contributed by atoms with Gasteiger partial charge in [-0.2, -0.15) is 5.26 Å². The Morgan fingerprint density at radius 3 is 2.31 bits per heavy atom. The molecule has 0 saturated heterocycles. The van der Waals surface area contributed by atoms with Crippen LogP contribution < -0.4 is 0 Å². The van der Waals surface area contributed by atoms with Gasteiger partial charge in [0, 0.05) is 0 Å². The van der Waals surface area contributed by atoms with Crippen LogP contribution in [0.3, 0.4) is 0 Å². The van der Waals surface area contributed by atoms with E-state index in [2.05, 4.69) is 25.7 Å². The molecule has 0 atom stereocenters. The van der Waals surface area contributed by atoms with Crippen molar-refractivity contribution in [2.45, 2.75) is 39.0 Å². The van der Waals surface area contributed by atoms with E-state index in [0.717, 1.165) is 12.8 Å². The molecule has 1 aromatic carbocycles. The lowest BCUT2D eigenvalue weighted by Crippen LogP contribution is -2.16. The average molecular weight is 222 g/mol. The van der Waals surface area contributed by atoms with Gasteiger partial charge in [0.15, 0.2) is 0 Å². The summed E-state index contributed by atoms with van der Waals surface area (Å²) in [6.07, 6.45) is 2.21. The van der Waals surface area contributed by atoms with E-state index in [1.54, 1.807) is 12.1 Å². The molecular weight excluding hydrogens is 204 g/mol. The van der Waals surface area contributed by atoms with Crippen molar-refractivity contribution in [3.8, 4) is 0 Å². The Hall–Kier alpha value is -1.35. The van der Waals surface area contributed by atoms with Gasteiger partial charge in [-0.3, -0.25) is 4.89 Å². The van der Waals surface area contributed by atoms with Crippen LogP contribution in [0, 0.1) is 0 Å². The highest BCUT2D eigenvalue weighted by molar-refractivity contribution is 5.88. The number of rotatable bonds is 4. The Kier molecular flexibility index (Phi) is 4.07. The molecule has 0 fully saturated rings. The average Bonchev–Trinajstić information content (AvgIpc) is 2.28. The Labute approximate surface area is 96.0 Å². The van der Waals surface area contributed by atoms with Crippen molar-refractivity contribution in [1.82, 2.24) is 0 Å². The van der Waals surface area contributed by atoms with E-state index in [9.17, 15) is 4.79 Å². The van der Waals surface area contributed by atoms with Crippen LogP contribution in [0.15, 0.2) is 24.3 Å². The number of hydrogen-bond acceptors (Lipinski definition) is 3. The summed E-state index contributed by atoms with van der Waals surface area (Å²) in [7, 11) is 0. The molecule has 1 N–H and O–H groups in total. The zero-order valence-electron chi connectivity index (χ0n) is 9.99. The molecule has 3 heteroatoms. The lowest BCUT2D eigenvalue weighted by atomic mass is 9.80. The fraction of sp³-hybridized carbons (Fsp3) is 0.462. The Balaban J connectivity index is 2.90. The normalized spacial score (nSPS) is 11.2. The molecule has 1 rings (SSSR count). The second-order valence-corrected chi connectivity index (χ2v) is 4.59. The largest absolute Gasteiger partial charge is 0.372 e. The highest BCUT2D eigenvalue weighted by Gasteiger charge is 2.19. The number of benzene rings is 1. The van der Waals surface area contributed by atoms with E-state index in [-0.39, 0.29) is 5.41 Å². The quantitative estimate of drug-likeness (QED) is 0.627. The van der Waals surface area contributed by atoms with Gasteiger partial charge >= 0.3 is 5.97 Å². The van der Waals surface area contributed by atoms with Crippen LogP contribution in [-0.2, 0) is 10.3 Å². The SMILES string of the molecule is CCCC(C)(C)c1ccc(C(=O)OO)cc1. The van der Waals surface area contributed by atoms with Gasteiger partial charge in [-0.25, -0.2) is 4.79 Å². The minimum absolute atomic E-state index is 0.108. The lowest BCUT2D eigenvalue weighted by Gasteiger charge is -2.24. The second kappa shape index (κ2) is 5.12. The van der Waals surface area contributed by atoms with Crippen LogP contribution in [0.25, 0.3) is 0 Å². The third-order valence-corrected chi connectivity index (χ3v) is 2.86. The zero-order valence-corrected chi connectivity index (χ0v) is 9.99. The summed E-state index contributed by atoms with van der Waals surface area (Å²) in [5.74, 6) is -0.722. The van der Waals surface area contributed by atoms with Crippen molar-refractivity contribution in [3.05, 3.63) is 35.4 Å². The first kappa shape index (κ1) is 12.7. The number of carbonyl (C=O) groups excluding carboxylic acids is 1. The molecule has 0 spiro atoms. The van der Waals surface area contributed by atoms with E-state index < -0.39 is 5.97 Å². The van der Waals surface area contributed by atoms with E-state index in [1.807, 2.05) is 12.1 Å². The van der Waals surface area contributed by atoms with Gasteiger partial charge in [0.2, 0.25) is 0 Å². The van der Waals surface area contributed by atoms with Crippen molar-refractivity contribution < 1.29 is 14.9 Å². The fourth-order valence-corrected chi connectivity index (χ4v) is 1.88. The van der Waals surface area contributed by atoms with Gasteiger partial charge in [-0.15, -0.1) is 0 Å². The van der Waals surface area contributed by atoms with Crippen LogP contribution in [0.2, 0.25) is 0 Å². The molecule has 1 aromatic rings. The molecule has 0 aliphatic rings. The predicted molar refractivity (Wildman–Crippen MR) is 62.4 cm³/mol. The molecule has 0 aliphatic carbocycles. The molecular formula is C13H18O3. The Morgan fingerprint density at radius 1 is 1.31 bits per heavy atom. The molecule has 3 nitrogen and oxygen atoms in total. The van der Waals surface area contributed by atoms with Crippen molar-refractivity contribution in [2.75, 3.05) is 0 Å². The predicted octanol–water partition coefficient (Wildman–Crippen LogP) is 3.39. The maximum atomic E-state index is 11.0. The van der Waals surface area contributed by atoms with Gasteiger partial charge in [0.1, 0.15) is 0 Å². The molecule has 0 aromatic heterocycles. The smallest absolute Gasteiger partial charge is 0.296 e. The van der Waals surface area contributed by atoms with E-state index in [4.69, 9.17) is 5.26 Å². The molecule has 88 valence electrons. The third-order valence-electron chi connectivity index (χ3n) is 2.86. The highest BCUT2D eigenvalue weighted by Crippen LogP contribution is 2.28. The summed E-state index contributed by atoms with van der Waals surface area (Å²) >= 11 is 0. The molecule has 0 heterocycles. The van der Waals surface area contributed by atoms with Crippen LogP contribution in [0.5, 0.6) is 0 Å². The molecule has 0 unspecified atom stereocenters. The summed E-state index contributed by atoms with van der Waals surface area (Å²) in [6.45, 7) is 6.50. The molecule has 0 saturated carbocycles. The second-order valence-electron chi connectivity index (χ2n) is 4.59. The summed E-state index contributed by atoms with van der Waals surface area (Å²) in [6, 6.07) is 7.15. The molecule has 0 aliphatic heterocycles. The van der Waals surface area contributed by atoms with Gasteiger partial charge in [-0.1, -0.05) is 39.3 Å². The van der Waals surface area contributed by atoms with Crippen molar-refractivity contribution >= 4 is 5.97 Å². The maximum Gasteiger partial charge on any atom is 0.372 e. The number of hydrogen-bond donors (Lipinski definition) is 1. The maximum absolute atomic E-state index is 11.0. The van der Waals surface area contributed by atoms with Crippen LogP contribution in [0.1, 0.15) is 49.5 Å². The third kappa shape index (κ3) is 2.83. The van der Waals surface area contributed by atoms with Gasteiger partial charge in [-0.05, 0) is 29.5 Å². The summed E-state index contributed by atoms with van der Waals surface area (Å²) in [4.78, 5) is 14.7. The van der Waals surface area contributed by atoms with Gasteiger partial charge in [0.25, 0.3) is 0 Å². The van der Waals surface area contributed by atoms with Crippen LogP contribution in [0.4, 0.5) is 0 Å². The summed E-state index contributed by atoms with van der Waals surface area (Å²) in [5.41, 5.74) is 1.65. The molecule has 0 bridgehead atoms. The Morgan fingerprint density at radius 2 is 1.88 bits per heavy atom. The number of carbonyl (C=O) groups is 1. The first-order chi connectivity index (χ1) is 7.51. The van der Waals surface area contributed by atoms with Crippen LogP contribution in [-0.4, -0.2) is 11.2 Å². The molecule has 16 heavy (non-hydrogen) atoms. The first-order valence-corrected chi connectivity index (χ1v) is 5.47. The minimum Gasteiger partial charge on any atom is -0.296 e. The topological polar surface area (TPSA) is 46.5 Å². The Bertz CT molecular complexity index is 352. The zero-order chi connectivity index (χ0) is 12.2. The minimum atomic E-state index is -0.722. The van der Waals surface area contributed by atoms with Crippen molar-refractivity contribution in [3.63, 3.8) is 0 Å².